The van der Waals surface area contributed by atoms with E-state index in [2.05, 4.69) is 17.4 Å². The van der Waals surface area contributed by atoms with E-state index in [0.29, 0.717) is 3.57 Å². The first kappa shape index (κ1) is 19.1. The number of nitrogens with one attached hydrogen (secondary N) is 2. The van der Waals surface area contributed by atoms with Crippen molar-refractivity contribution in [2.45, 2.75) is 0 Å². The molecule has 25 heavy (non-hydrogen) atoms. The van der Waals surface area contributed by atoms with Crippen LogP contribution in [0.2, 0.25) is 0 Å². The molecule has 2 aromatic rings. The topological polar surface area (TPSA) is 59.6 Å². The van der Waals surface area contributed by atoms with Gasteiger partial charge in [0, 0.05) is 3.57 Å². The molecule has 0 saturated heterocycles. The van der Waals surface area contributed by atoms with Crippen molar-refractivity contribution in [3.63, 3.8) is 0 Å². The molecule has 0 bridgehead atoms. The molecule has 0 spiro atoms. The van der Waals surface area contributed by atoms with Crippen LogP contribution >= 0.6 is 22.6 Å². The lowest BCUT2D eigenvalue weighted by atomic mass is 10.1. The van der Waals surface area contributed by atoms with Crippen molar-refractivity contribution < 1.29 is 23.1 Å². The lowest BCUT2D eigenvalue weighted by molar-refractivity contribution is 0.0145. The minimum atomic E-state index is -0.694. The van der Waals surface area contributed by atoms with Crippen molar-refractivity contribution in [1.82, 2.24) is 5.48 Å². The number of amides is 1. The molecular weight excluding hydrogens is 445 g/mol. The molecule has 0 aliphatic carbocycles. The van der Waals surface area contributed by atoms with Crippen LogP contribution in [0.5, 0.6) is 0 Å². The molecule has 0 aliphatic rings. The molecular formula is C17H15F2IN2O3. The number of carbonyl (C=O) groups is 1. The van der Waals surface area contributed by atoms with Gasteiger partial charge in [0.1, 0.15) is 24.8 Å². The summed E-state index contributed by atoms with van der Waals surface area (Å²) in [5.74, 6) is -1.92. The Hall–Kier alpha value is -2.20. The van der Waals surface area contributed by atoms with E-state index in [0.717, 1.165) is 0 Å². The van der Waals surface area contributed by atoms with E-state index in [4.69, 9.17) is 9.57 Å². The molecule has 0 atom stereocenters. The number of para-hydroxylation sites is 1. The van der Waals surface area contributed by atoms with Crippen LogP contribution < -0.4 is 10.8 Å². The second kappa shape index (κ2) is 9.33. The second-order valence-corrected chi connectivity index (χ2v) is 5.97. The number of rotatable bonds is 8. The molecule has 0 saturated carbocycles. The van der Waals surface area contributed by atoms with Crippen LogP contribution in [-0.4, -0.2) is 19.1 Å². The van der Waals surface area contributed by atoms with Crippen LogP contribution in [0.4, 0.5) is 20.2 Å². The molecule has 2 N–H and O–H groups in total. The zero-order valence-electron chi connectivity index (χ0n) is 13.0. The summed E-state index contributed by atoms with van der Waals surface area (Å²) in [5.41, 5.74) is 2.06. The van der Waals surface area contributed by atoms with E-state index in [1.807, 2.05) is 22.6 Å². The van der Waals surface area contributed by atoms with Crippen molar-refractivity contribution >= 4 is 39.9 Å². The first-order valence-corrected chi connectivity index (χ1v) is 8.26. The van der Waals surface area contributed by atoms with Crippen LogP contribution in [0, 0.1) is 15.2 Å². The Balaban J connectivity index is 2.15. The molecule has 0 fully saturated rings. The van der Waals surface area contributed by atoms with Gasteiger partial charge in [0.15, 0.2) is 0 Å². The normalized spacial score (nSPS) is 10.2. The molecule has 0 heterocycles. The summed E-state index contributed by atoms with van der Waals surface area (Å²) in [7, 11) is 0. The van der Waals surface area contributed by atoms with Crippen molar-refractivity contribution in [2.75, 3.05) is 18.5 Å². The van der Waals surface area contributed by atoms with E-state index < -0.39 is 17.5 Å². The van der Waals surface area contributed by atoms with Crippen LogP contribution in [0.1, 0.15) is 10.4 Å². The number of hydrogen-bond acceptors (Lipinski definition) is 4. The summed E-state index contributed by atoms with van der Waals surface area (Å²) in [6.45, 7) is 3.65. The summed E-state index contributed by atoms with van der Waals surface area (Å²) < 4.78 is 33.7. The van der Waals surface area contributed by atoms with Gasteiger partial charge in [0.05, 0.1) is 23.2 Å². The largest absolute Gasteiger partial charge is 0.499 e. The first-order chi connectivity index (χ1) is 12.0. The van der Waals surface area contributed by atoms with Gasteiger partial charge in [-0.15, -0.1) is 0 Å². The monoisotopic (exact) mass is 460 g/mol. The number of hydroxylamine groups is 1. The number of hydrogen-bond donors (Lipinski definition) is 2. The highest BCUT2D eigenvalue weighted by Crippen LogP contribution is 2.27. The molecule has 2 aromatic carbocycles. The maximum Gasteiger partial charge on any atom is 0.277 e. The minimum Gasteiger partial charge on any atom is -0.499 e. The van der Waals surface area contributed by atoms with E-state index in [1.54, 1.807) is 6.07 Å². The van der Waals surface area contributed by atoms with Gasteiger partial charge >= 0.3 is 0 Å². The summed E-state index contributed by atoms with van der Waals surface area (Å²) in [4.78, 5) is 17.1. The van der Waals surface area contributed by atoms with Gasteiger partial charge in [0.25, 0.3) is 5.91 Å². The van der Waals surface area contributed by atoms with Crippen molar-refractivity contribution in [3.05, 3.63) is 70.0 Å². The average Bonchev–Trinajstić information content (AvgIpc) is 2.58. The van der Waals surface area contributed by atoms with Crippen LogP contribution in [-0.2, 0) is 9.57 Å². The molecule has 1 amide bonds. The average molecular weight is 460 g/mol. The predicted molar refractivity (Wildman–Crippen MR) is 98.4 cm³/mol. The first-order valence-electron chi connectivity index (χ1n) is 7.18. The Kier molecular flexibility index (Phi) is 7.14. The molecule has 0 radical (unpaired) electrons. The quantitative estimate of drug-likeness (QED) is 0.269. The van der Waals surface area contributed by atoms with E-state index in [9.17, 15) is 13.6 Å². The van der Waals surface area contributed by atoms with Gasteiger partial charge < -0.3 is 10.1 Å². The molecule has 2 rings (SSSR count). The molecule has 8 heteroatoms. The van der Waals surface area contributed by atoms with Gasteiger partial charge in [-0.3, -0.25) is 9.63 Å². The summed E-state index contributed by atoms with van der Waals surface area (Å²) >= 11 is 1.96. The Morgan fingerprint density at radius 2 is 2.00 bits per heavy atom. The van der Waals surface area contributed by atoms with E-state index >= 15 is 0 Å². The smallest absolute Gasteiger partial charge is 0.277 e. The van der Waals surface area contributed by atoms with Gasteiger partial charge in [-0.25, -0.2) is 14.3 Å². The Morgan fingerprint density at radius 3 is 2.72 bits per heavy atom. The lowest BCUT2D eigenvalue weighted by Crippen LogP contribution is -2.26. The highest BCUT2D eigenvalue weighted by Gasteiger charge is 2.17. The standard InChI is InChI=1S/C17H15F2IN2O3/c1-2-24-8-9-25-22-17(23)12-4-3-5-13(18)16(12)21-15-7-6-11(20)10-14(15)19/h2-7,10,21H,1,8-9H2,(H,22,23). The molecule has 0 unspecified atom stereocenters. The van der Waals surface area contributed by atoms with Gasteiger partial charge in [-0.1, -0.05) is 12.6 Å². The van der Waals surface area contributed by atoms with Crippen LogP contribution in [0.15, 0.2) is 49.2 Å². The minimum absolute atomic E-state index is 0.0254. The summed E-state index contributed by atoms with van der Waals surface area (Å²) in [6, 6.07) is 8.37. The third kappa shape index (κ3) is 5.40. The third-order valence-electron chi connectivity index (χ3n) is 3.04. The highest BCUT2D eigenvalue weighted by molar-refractivity contribution is 14.1. The Labute approximate surface area is 157 Å². The fourth-order valence-electron chi connectivity index (χ4n) is 1.91. The van der Waals surface area contributed by atoms with Crippen molar-refractivity contribution in [3.8, 4) is 0 Å². The number of ether oxygens (including phenoxy) is 1. The fourth-order valence-corrected chi connectivity index (χ4v) is 2.36. The molecule has 132 valence electrons. The number of halogens is 3. The zero-order valence-corrected chi connectivity index (χ0v) is 15.2. The number of carbonyl (C=O) groups excluding carboxylic acids is 1. The van der Waals surface area contributed by atoms with Crippen LogP contribution in [0.25, 0.3) is 0 Å². The van der Waals surface area contributed by atoms with E-state index in [-0.39, 0.29) is 30.2 Å². The molecule has 0 aromatic heterocycles. The lowest BCUT2D eigenvalue weighted by Gasteiger charge is -2.14. The van der Waals surface area contributed by atoms with Crippen molar-refractivity contribution in [2.24, 2.45) is 0 Å². The zero-order chi connectivity index (χ0) is 18.2. The molecule has 0 aliphatic heterocycles. The third-order valence-corrected chi connectivity index (χ3v) is 3.71. The van der Waals surface area contributed by atoms with Gasteiger partial charge in [-0.05, 0) is 52.9 Å². The highest BCUT2D eigenvalue weighted by atomic mass is 127. The molecule has 5 nitrogen and oxygen atoms in total. The Morgan fingerprint density at radius 1 is 1.20 bits per heavy atom. The second-order valence-electron chi connectivity index (χ2n) is 4.73. The SMILES string of the molecule is C=COCCONC(=O)c1cccc(F)c1Nc1ccc(I)cc1F. The summed E-state index contributed by atoms with van der Waals surface area (Å²) in [6.07, 6.45) is 1.25. The number of benzene rings is 2. The summed E-state index contributed by atoms with van der Waals surface area (Å²) in [5, 5.41) is 2.62. The maximum absolute atomic E-state index is 14.2. The van der Waals surface area contributed by atoms with Gasteiger partial charge in [0.2, 0.25) is 0 Å². The van der Waals surface area contributed by atoms with Crippen LogP contribution in [0.3, 0.4) is 0 Å². The van der Waals surface area contributed by atoms with Gasteiger partial charge in [-0.2, -0.15) is 0 Å². The predicted octanol–water partition coefficient (Wildman–Crippen LogP) is 4.13. The van der Waals surface area contributed by atoms with Crippen molar-refractivity contribution in [1.29, 1.82) is 0 Å². The maximum atomic E-state index is 14.2. The number of anilines is 2. The van der Waals surface area contributed by atoms with E-state index in [1.165, 1.54) is 36.6 Å². The fraction of sp³-hybridized carbons (Fsp3) is 0.118. The Bertz CT molecular complexity index is 772.